The van der Waals surface area contributed by atoms with E-state index in [0.717, 1.165) is 11.4 Å². The number of esters is 1. The van der Waals surface area contributed by atoms with Crippen molar-refractivity contribution in [2.75, 3.05) is 7.11 Å². The summed E-state index contributed by atoms with van der Waals surface area (Å²) in [6.07, 6.45) is 1.83. The Morgan fingerprint density at radius 2 is 1.72 bits per heavy atom. The maximum absolute atomic E-state index is 11.9. The molecular formula is C14H15NO3. The fraction of sp³-hybridized carbons (Fsp3) is 0.214. The number of ether oxygens (including phenoxy) is 2. The lowest BCUT2D eigenvalue weighted by Gasteiger charge is -2.05. The molecule has 4 nitrogen and oxygen atoms in total. The second-order valence-electron chi connectivity index (χ2n) is 3.99. The van der Waals surface area contributed by atoms with Crippen LogP contribution in [-0.2, 0) is 7.05 Å². The Balaban J connectivity index is 2.13. The fourth-order valence-electron chi connectivity index (χ4n) is 1.63. The van der Waals surface area contributed by atoms with Crippen LogP contribution in [0.25, 0.3) is 0 Å². The van der Waals surface area contributed by atoms with E-state index in [0.29, 0.717) is 11.3 Å². The minimum absolute atomic E-state index is 0.349. The van der Waals surface area contributed by atoms with E-state index in [4.69, 9.17) is 9.47 Å². The molecule has 0 spiro atoms. The van der Waals surface area contributed by atoms with Gasteiger partial charge in [0.2, 0.25) is 0 Å². The molecule has 0 saturated carbocycles. The molecule has 0 atom stereocenters. The molecule has 1 heterocycles. The first kappa shape index (κ1) is 12.2. The number of aryl methyl sites for hydroxylation is 1. The van der Waals surface area contributed by atoms with Gasteiger partial charge in [-0.3, -0.25) is 0 Å². The van der Waals surface area contributed by atoms with Crippen LogP contribution in [0.1, 0.15) is 16.1 Å². The van der Waals surface area contributed by atoms with Crippen LogP contribution in [0.2, 0.25) is 0 Å². The zero-order chi connectivity index (χ0) is 13.1. The predicted octanol–water partition coefficient (Wildman–Crippen LogP) is 2.56. The quantitative estimate of drug-likeness (QED) is 0.616. The lowest BCUT2D eigenvalue weighted by molar-refractivity contribution is 0.0734. The Morgan fingerprint density at radius 1 is 1.11 bits per heavy atom. The summed E-state index contributed by atoms with van der Waals surface area (Å²) in [6, 6.07) is 8.66. The molecule has 0 aliphatic heterocycles. The third-order valence-electron chi connectivity index (χ3n) is 2.87. The summed E-state index contributed by atoms with van der Waals surface area (Å²) >= 11 is 0. The van der Waals surface area contributed by atoms with E-state index in [2.05, 4.69) is 0 Å². The Morgan fingerprint density at radius 3 is 2.22 bits per heavy atom. The SMILES string of the molecule is COc1ccc(OC(=O)c2ccn(C)c2C)cc1. The third-order valence-corrected chi connectivity index (χ3v) is 2.87. The van der Waals surface area contributed by atoms with E-state index in [1.54, 1.807) is 37.4 Å². The van der Waals surface area contributed by atoms with Crippen molar-refractivity contribution in [3.63, 3.8) is 0 Å². The maximum Gasteiger partial charge on any atom is 0.345 e. The van der Waals surface area contributed by atoms with Crippen molar-refractivity contribution in [3.8, 4) is 11.5 Å². The minimum atomic E-state index is -0.349. The topological polar surface area (TPSA) is 40.5 Å². The number of hydrogen-bond acceptors (Lipinski definition) is 3. The molecule has 4 heteroatoms. The number of carbonyl (C=O) groups excluding carboxylic acids is 1. The summed E-state index contributed by atoms with van der Waals surface area (Å²) in [5, 5.41) is 0. The van der Waals surface area contributed by atoms with E-state index in [1.165, 1.54) is 0 Å². The van der Waals surface area contributed by atoms with Gasteiger partial charge >= 0.3 is 5.97 Å². The van der Waals surface area contributed by atoms with Crippen LogP contribution in [0.4, 0.5) is 0 Å². The molecule has 94 valence electrons. The first-order valence-corrected chi connectivity index (χ1v) is 5.60. The van der Waals surface area contributed by atoms with Gasteiger partial charge in [-0.05, 0) is 37.3 Å². The van der Waals surface area contributed by atoms with Crippen LogP contribution in [0, 0.1) is 6.92 Å². The average molecular weight is 245 g/mol. The highest BCUT2D eigenvalue weighted by atomic mass is 16.5. The highest BCUT2D eigenvalue weighted by Crippen LogP contribution is 2.19. The van der Waals surface area contributed by atoms with E-state index in [1.807, 2.05) is 24.7 Å². The summed E-state index contributed by atoms with van der Waals surface area (Å²) in [6.45, 7) is 1.88. The molecule has 1 aromatic heterocycles. The van der Waals surface area contributed by atoms with Crippen molar-refractivity contribution in [2.24, 2.45) is 7.05 Å². The Labute approximate surface area is 106 Å². The Hall–Kier alpha value is -2.23. The number of benzene rings is 1. The molecular weight excluding hydrogens is 230 g/mol. The molecule has 2 rings (SSSR count). The predicted molar refractivity (Wildman–Crippen MR) is 68.1 cm³/mol. The molecule has 0 unspecified atom stereocenters. The van der Waals surface area contributed by atoms with Gasteiger partial charge in [0.05, 0.1) is 12.7 Å². The normalized spacial score (nSPS) is 10.2. The number of nitrogens with zero attached hydrogens (tertiary/aromatic N) is 1. The van der Waals surface area contributed by atoms with Gasteiger partial charge in [-0.15, -0.1) is 0 Å². The zero-order valence-electron chi connectivity index (χ0n) is 10.6. The van der Waals surface area contributed by atoms with Gasteiger partial charge in [0, 0.05) is 18.9 Å². The molecule has 0 radical (unpaired) electrons. The standard InChI is InChI=1S/C14H15NO3/c1-10-13(8-9-15(10)2)14(16)18-12-6-4-11(17-3)5-7-12/h4-9H,1-3H3. The largest absolute Gasteiger partial charge is 0.497 e. The smallest absolute Gasteiger partial charge is 0.345 e. The number of hydrogen-bond donors (Lipinski definition) is 0. The summed E-state index contributed by atoms with van der Waals surface area (Å²) in [4.78, 5) is 11.9. The van der Waals surface area contributed by atoms with Crippen molar-refractivity contribution < 1.29 is 14.3 Å². The van der Waals surface area contributed by atoms with E-state index >= 15 is 0 Å². The summed E-state index contributed by atoms with van der Waals surface area (Å²) < 4.78 is 12.2. The lowest BCUT2D eigenvalue weighted by atomic mass is 10.2. The van der Waals surface area contributed by atoms with Crippen LogP contribution in [0.5, 0.6) is 11.5 Å². The third kappa shape index (κ3) is 2.37. The van der Waals surface area contributed by atoms with Gasteiger partial charge in [-0.2, -0.15) is 0 Å². The highest BCUT2D eigenvalue weighted by Gasteiger charge is 2.13. The van der Waals surface area contributed by atoms with Gasteiger partial charge in [-0.25, -0.2) is 4.79 Å². The maximum atomic E-state index is 11.9. The molecule has 2 aromatic rings. The van der Waals surface area contributed by atoms with Crippen LogP contribution in [-0.4, -0.2) is 17.6 Å². The second kappa shape index (κ2) is 4.96. The first-order chi connectivity index (χ1) is 8.61. The number of methoxy groups -OCH3 is 1. The van der Waals surface area contributed by atoms with Crippen molar-refractivity contribution in [2.45, 2.75) is 6.92 Å². The van der Waals surface area contributed by atoms with E-state index in [9.17, 15) is 4.79 Å². The van der Waals surface area contributed by atoms with Crippen molar-refractivity contribution in [1.29, 1.82) is 0 Å². The summed E-state index contributed by atoms with van der Waals surface area (Å²) in [5.74, 6) is 0.882. The fourth-order valence-corrected chi connectivity index (χ4v) is 1.63. The molecule has 0 aliphatic rings. The molecule has 0 amide bonds. The minimum Gasteiger partial charge on any atom is -0.497 e. The van der Waals surface area contributed by atoms with Crippen LogP contribution in [0.15, 0.2) is 36.5 Å². The van der Waals surface area contributed by atoms with Crippen LogP contribution >= 0.6 is 0 Å². The van der Waals surface area contributed by atoms with Crippen molar-refractivity contribution in [3.05, 3.63) is 47.8 Å². The summed E-state index contributed by atoms with van der Waals surface area (Å²) in [7, 11) is 3.48. The van der Waals surface area contributed by atoms with Gasteiger partial charge in [0.15, 0.2) is 0 Å². The van der Waals surface area contributed by atoms with Gasteiger partial charge in [0.25, 0.3) is 0 Å². The van der Waals surface area contributed by atoms with E-state index < -0.39 is 0 Å². The monoisotopic (exact) mass is 245 g/mol. The molecule has 0 fully saturated rings. The number of carbonyl (C=O) groups is 1. The van der Waals surface area contributed by atoms with Crippen LogP contribution < -0.4 is 9.47 Å². The van der Waals surface area contributed by atoms with Crippen molar-refractivity contribution >= 4 is 5.97 Å². The van der Waals surface area contributed by atoms with Crippen LogP contribution in [0.3, 0.4) is 0 Å². The highest BCUT2D eigenvalue weighted by molar-refractivity contribution is 5.92. The Bertz CT molecular complexity index is 555. The van der Waals surface area contributed by atoms with E-state index in [-0.39, 0.29) is 5.97 Å². The lowest BCUT2D eigenvalue weighted by Crippen LogP contribution is -2.09. The van der Waals surface area contributed by atoms with Gasteiger partial charge in [0.1, 0.15) is 11.5 Å². The Kier molecular flexibility index (Phi) is 3.37. The summed E-state index contributed by atoms with van der Waals surface area (Å²) in [5.41, 5.74) is 1.46. The number of rotatable bonds is 3. The molecule has 0 bridgehead atoms. The van der Waals surface area contributed by atoms with Crippen molar-refractivity contribution in [1.82, 2.24) is 4.57 Å². The van der Waals surface area contributed by atoms with Gasteiger partial charge in [-0.1, -0.05) is 0 Å². The molecule has 0 saturated heterocycles. The molecule has 18 heavy (non-hydrogen) atoms. The van der Waals surface area contributed by atoms with Gasteiger partial charge < -0.3 is 14.0 Å². The first-order valence-electron chi connectivity index (χ1n) is 5.60. The number of aromatic nitrogens is 1. The molecule has 0 N–H and O–H groups in total. The zero-order valence-corrected chi connectivity index (χ0v) is 10.6. The molecule has 1 aromatic carbocycles. The second-order valence-corrected chi connectivity index (χ2v) is 3.99. The molecule has 0 aliphatic carbocycles. The average Bonchev–Trinajstić information content (AvgIpc) is 2.71.